The first-order valence-electron chi connectivity index (χ1n) is 6.77. The highest BCUT2D eigenvalue weighted by molar-refractivity contribution is 5.67. The van der Waals surface area contributed by atoms with E-state index in [4.69, 9.17) is 0 Å². The molecule has 0 aliphatic carbocycles. The number of para-hydroxylation sites is 1. The first-order valence-corrected chi connectivity index (χ1v) is 6.77. The molecule has 22 heavy (non-hydrogen) atoms. The Bertz CT molecular complexity index is 778. The lowest BCUT2D eigenvalue weighted by molar-refractivity contribution is 0.146. The van der Waals surface area contributed by atoms with E-state index in [0.29, 0.717) is 11.3 Å². The molecule has 2 aromatic carbocycles. The zero-order chi connectivity index (χ0) is 15.7. The quantitative estimate of drug-likeness (QED) is 0.671. The lowest BCUT2D eigenvalue weighted by Gasteiger charge is -2.03. The molecule has 0 aliphatic heterocycles. The summed E-state index contributed by atoms with van der Waals surface area (Å²) in [6.07, 6.45) is -2.85. The maximum atomic E-state index is 14.7. The first-order chi connectivity index (χ1) is 10.6. The lowest BCUT2D eigenvalue weighted by Crippen LogP contribution is -1.99. The fourth-order valence-corrected chi connectivity index (χ4v) is 2.29. The smallest absolute Gasteiger partial charge is 0.206 e. The van der Waals surface area contributed by atoms with Gasteiger partial charge in [-0.1, -0.05) is 48.0 Å². The van der Waals surface area contributed by atoms with Crippen LogP contribution in [0, 0.1) is 12.9 Å². The normalized spacial score (nSPS) is 11.1. The van der Waals surface area contributed by atoms with Crippen LogP contribution in [0.3, 0.4) is 0 Å². The Morgan fingerprint density at radius 2 is 1.59 bits per heavy atom. The number of aryl methyl sites for hydroxylation is 1. The molecule has 0 unspecified atom stereocenters. The third kappa shape index (κ3) is 2.50. The Balaban J connectivity index is 2.21. The van der Waals surface area contributed by atoms with E-state index >= 15 is 0 Å². The molecule has 0 bridgehead atoms. The molecule has 1 aromatic heterocycles. The van der Waals surface area contributed by atoms with Gasteiger partial charge in [-0.15, -0.1) is 0 Å². The van der Waals surface area contributed by atoms with Crippen LogP contribution in [-0.4, -0.2) is 9.78 Å². The van der Waals surface area contributed by atoms with Gasteiger partial charge in [0.25, 0.3) is 6.43 Å². The minimum atomic E-state index is -2.85. The summed E-state index contributed by atoms with van der Waals surface area (Å²) in [6.45, 7) is 1.88. The van der Waals surface area contributed by atoms with E-state index in [1.54, 1.807) is 54.6 Å². The molecule has 0 N–H and O–H groups in total. The Morgan fingerprint density at radius 3 is 2.18 bits per heavy atom. The number of benzene rings is 2. The van der Waals surface area contributed by atoms with Crippen LogP contribution in [0.25, 0.3) is 16.8 Å². The van der Waals surface area contributed by atoms with Gasteiger partial charge in [-0.2, -0.15) is 9.49 Å². The Hall–Kier alpha value is -2.56. The zero-order valence-electron chi connectivity index (χ0n) is 11.8. The molecule has 0 atom stereocenters. The van der Waals surface area contributed by atoms with Crippen molar-refractivity contribution in [1.29, 1.82) is 0 Å². The minimum absolute atomic E-state index is 0.154. The third-order valence-corrected chi connectivity index (χ3v) is 3.40. The van der Waals surface area contributed by atoms with Gasteiger partial charge in [-0.25, -0.2) is 13.5 Å². The molecule has 2 nitrogen and oxygen atoms in total. The number of rotatable bonds is 3. The summed E-state index contributed by atoms with van der Waals surface area (Å²) in [5.41, 5.74) is 1.06. The van der Waals surface area contributed by atoms with Crippen molar-refractivity contribution in [1.82, 2.24) is 9.78 Å². The van der Waals surface area contributed by atoms with Crippen LogP contribution in [0.1, 0.15) is 17.7 Å². The van der Waals surface area contributed by atoms with Crippen molar-refractivity contribution in [3.05, 3.63) is 71.8 Å². The number of hydrogen-bond donors (Lipinski definition) is 0. The number of alkyl halides is 2. The van der Waals surface area contributed by atoms with Crippen LogP contribution in [0.4, 0.5) is 13.2 Å². The second-order valence-corrected chi connectivity index (χ2v) is 4.97. The van der Waals surface area contributed by atoms with Crippen molar-refractivity contribution in [3.8, 4) is 16.8 Å². The van der Waals surface area contributed by atoms with Crippen molar-refractivity contribution < 1.29 is 13.2 Å². The third-order valence-electron chi connectivity index (χ3n) is 3.40. The standard InChI is InChI=1S/C17H13F3N2/c1-11-7-9-12(10-8-11)14-15(16(18)19)21-22(17(14)20)13-5-3-2-4-6-13/h2-10,16H,1H3. The van der Waals surface area contributed by atoms with Gasteiger partial charge in [0.05, 0.1) is 11.3 Å². The molecule has 112 valence electrons. The SMILES string of the molecule is Cc1ccc(-c2c(C(F)F)nn(-c3ccccc3)c2F)cc1. The number of hydrogen-bond acceptors (Lipinski definition) is 1. The van der Waals surface area contributed by atoms with Crippen molar-refractivity contribution in [2.45, 2.75) is 13.3 Å². The number of nitrogens with zero attached hydrogens (tertiary/aromatic N) is 2. The second-order valence-electron chi connectivity index (χ2n) is 4.97. The number of halogens is 3. The van der Waals surface area contributed by atoms with E-state index in [0.717, 1.165) is 10.2 Å². The first kappa shape index (κ1) is 14.4. The number of aromatic nitrogens is 2. The molecule has 3 aromatic rings. The highest BCUT2D eigenvalue weighted by atomic mass is 19.3. The molecule has 0 spiro atoms. The predicted molar refractivity (Wildman–Crippen MR) is 78.7 cm³/mol. The van der Waals surface area contributed by atoms with Gasteiger partial charge in [-0.3, -0.25) is 0 Å². The van der Waals surface area contributed by atoms with Crippen molar-refractivity contribution >= 4 is 0 Å². The van der Waals surface area contributed by atoms with Crippen molar-refractivity contribution in [2.75, 3.05) is 0 Å². The van der Waals surface area contributed by atoms with Gasteiger partial charge in [0, 0.05) is 0 Å². The molecule has 0 saturated carbocycles. The Morgan fingerprint density at radius 1 is 0.955 bits per heavy atom. The van der Waals surface area contributed by atoms with Gasteiger partial charge in [-0.05, 0) is 24.6 Å². The molecule has 5 heteroatoms. The fourth-order valence-electron chi connectivity index (χ4n) is 2.29. The molecule has 0 fully saturated rings. The maximum Gasteiger partial charge on any atom is 0.282 e. The summed E-state index contributed by atoms with van der Waals surface area (Å²) in [5, 5.41) is 3.77. The van der Waals surface area contributed by atoms with E-state index in [2.05, 4.69) is 5.10 Å². The summed E-state index contributed by atoms with van der Waals surface area (Å²) >= 11 is 0. The van der Waals surface area contributed by atoms with Crippen LogP contribution in [0.2, 0.25) is 0 Å². The Kier molecular flexibility index (Phi) is 3.71. The summed E-state index contributed by atoms with van der Waals surface area (Å²) < 4.78 is 42.1. The van der Waals surface area contributed by atoms with Crippen molar-refractivity contribution in [2.24, 2.45) is 0 Å². The highest BCUT2D eigenvalue weighted by Crippen LogP contribution is 2.34. The summed E-state index contributed by atoms with van der Waals surface area (Å²) in [4.78, 5) is 0. The van der Waals surface area contributed by atoms with Gasteiger partial charge in [0.2, 0.25) is 5.95 Å². The summed E-state index contributed by atoms with van der Waals surface area (Å²) in [5.74, 6) is -0.787. The molecular formula is C17H13F3N2. The Labute approximate surface area is 125 Å². The second kappa shape index (κ2) is 5.67. The molecule has 1 heterocycles. The molecule has 0 radical (unpaired) electrons. The highest BCUT2D eigenvalue weighted by Gasteiger charge is 2.26. The van der Waals surface area contributed by atoms with Crippen LogP contribution in [0.5, 0.6) is 0 Å². The predicted octanol–water partition coefficient (Wildman–Crippen LogP) is 4.92. The van der Waals surface area contributed by atoms with Crippen LogP contribution in [-0.2, 0) is 0 Å². The van der Waals surface area contributed by atoms with Crippen LogP contribution < -0.4 is 0 Å². The average molecular weight is 302 g/mol. The molecule has 0 saturated heterocycles. The maximum absolute atomic E-state index is 14.7. The monoisotopic (exact) mass is 302 g/mol. The average Bonchev–Trinajstić information content (AvgIpc) is 2.87. The summed E-state index contributed by atoms with van der Waals surface area (Å²) in [6, 6.07) is 15.1. The van der Waals surface area contributed by atoms with E-state index in [-0.39, 0.29) is 5.56 Å². The van der Waals surface area contributed by atoms with Crippen LogP contribution in [0.15, 0.2) is 54.6 Å². The molecule has 0 amide bonds. The fraction of sp³-hybridized carbons (Fsp3) is 0.118. The van der Waals surface area contributed by atoms with Gasteiger partial charge < -0.3 is 0 Å². The van der Waals surface area contributed by atoms with Gasteiger partial charge in [0.1, 0.15) is 5.69 Å². The van der Waals surface area contributed by atoms with Crippen LogP contribution >= 0.6 is 0 Å². The van der Waals surface area contributed by atoms with Gasteiger partial charge in [0.15, 0.2) is 0 Å². The largest absolute Gasteiger partial charge is 0.282 e. The van der Waals surface area contributed by atoms with E-state index in [1.165, 1.54) is 0 Å². The molecular weight excluding hydrogens is 289 g/mol. The van der Waals surface area contributed by atoms with Gasteiger partial charge >= 0.3 is 0 Å². The minimum Gasteiger partial charge on any atom is -0.206 e. The van der Waals surface area contributed by atoms with Crippen molar-refractivity contribution in [3.63, 3.8) is 0 Å². The van der Waals surface area contributed by atoms with E-state index < -0.39 is 18.1 Å². The topological polar surface area (TPSA) is 17.8 Å². The molecule has 0 aliphatic rings. The van der Waals surface area contributed by atoms with E-state index in [1.807, 2.05) is 6.92 Å². The lowest BCUT2D eigenvalue weighted by atomic mass is 10.0. The zero-order valence-corrected chi connectivity index (χ0v) is 11.8. The summed E-state index contributed by atoms with van der Waals surface area (Å²) in [7, 11) is 0. The molecule has 3 rings (SSSR count). The van der Waals surface area contributed by atoms with E-state index in [9.17, 15) is 13.2 Å².